The van der Waals surface area contributed by atoms with E-state index >= 15 is 0 Å². The van der Waals surface area contributed by atoms with E-state index in [1.807, 2.05) is 36.4 Å². The van der Waals surface area contributed by atoms with Crippen LogP contribution in [-0.4, -0.2) is 9.66 Å². The number of rotatable bonds is 1. The number of para-hydroxylation sites is 1. The number of benzene rings is 1. The van der Waals surface area contributed by atoms with E-state index in [-0.39, 0.29) is 0 Å². The smallest absolute Gasteiger partial charge is 0.0719 e. The predicted molar refractivity (Wildman–Crippen MR) is 70.3 cm³/mol. The number of nitrogens with zero attached hydrogens (tertiary/aromatic N) is 2. The number of hydrogen-bond donors (Lipinski definition) is 1. The van der Waals surface area contributed by atoms with Crippen molar-refractivity contribution in [2.24, 2.45) is 0 Å². The Morgan fingerprint density at radius 1 is 1.12 bits per heavy atom. The molecule has 2 aromatic heterocycles. The molecule has 3 aromatic rings. The predicted octanol–water partition coefficient (Wildman–Crippen LogP) is 3.07. The van der Waals surface area contributed by atoms with E-state index in [9.17, 15) is 0 Å². The van der Waals surface area contributed by atoms with Crippen molar-refractivity contribution in [1.82, 2.24) is 9.66 Å². The maximum absolute atomic E-state index is 6.07. The molecule has 0 aliphatic rings. The fourth-order valence-corrected chi connectivity index (χ4v) is 2.12. The van der Waals surface area contributed by atoms with Crippen molar-refractivity contribution in [2.75, 3.05) is 5.84 Å². The van der Waals surface area contributed by atoms with Gasteiger partial charge in [-0.3, -0.25) is 9.66 Å². The van der Waals surface area contributed by atoms with Gasteiger partial charge in [-0.15, -0.1) is 0 Å². The van der Waals surface area contributed by atoms with Gasteiger partial charge in [-0.05, 0) is 18.2 Å². The largest absolute Gasteiger partial charge is 0.339 e. The summed E-state index contributed by atoms with van der Waals surface area (Å²) in [4.78, 5) is 4.07. The first kappa shape index (κ1) is 10.2. The van der Waals surface area contributed by atoms with Crippen LogP contribution in [0.15, 0.2) is 48.8 Å². The molecule has 0 aliphatic heterocycles. The molecule has 0 saturated heterocycles. The lowest BCUT2D eigenvalue weighted by Crippen LogP contribution is -2.08. The summed E-state index contributed by atoms with van der Waals surface area (Å²) in [6, 6.07) is 11.8. The summed E-state index contributed by atoms with van der Waals surface area (Å²) in [5.74, 6) is 6.07. The molecule has 0 saturated carbocycles. The van der Waals surface area contributed by atoms with Gasteiger partial charge in [0.1, 0.15) is 0 Å². The second-order valence-corrected chi connectivity index (χ2v) is 4.29. The lowest BCUT2D eigenvalue weighted by Gasteiger charge is -2.03. The average Bonchev–Trinajstić information content (AvgIpc) is 2.68. The summed E-state index contributed by atoms with van der Waals surface area (Å²) in [6.45, 7) is 0. The topological polar surface area (TPSA) is 43.8 Å². The van der Waals surface area contributed by atoms with Crippen LogP contribution >= 0.6 is 11.6 Å². The molecule has 0 atom stereocenters. The number of fused-ring (bicyclic) bond motifs is 1. The van der Waals surface area contributed by atoms with Crippen molar-refractivity contribution >= 4 is 22.5 Å². The summed E-state index contributed by atoms with van der Waals surface area (Å²) in [7, 11) is 0. The fraction of sp³-hybridized carbons (Fsp3) is 0. The second-order valence-electron chi connectivity index (χ2n) is 3.85. The summed E-state index contributed by atoms with van der Waals surface area (Å²) in [5, 5.41) is 1.71. The molecule has 3 rings (SSSR count). The highest BCUT2D eigenvalue weighted by Crippen LogP contribution is 2.26. The maximum atomic E-state index is 6.07. The Kier molecular flexibility index (Phi) is 2.27. The quantitative estimate of drug-likeness (QED) is 0.668. The van der Waals surface area contributed by atoms with Crippen LogP contribution in [0.3, 0.4) is 0 Å². The van der Waals surface area contributed by atoms with Gasteiger partial charge in [0.2, 0.25) is 0 Å². The Hall–Kier alpha value is -2.00. The van der Waals surface area contributed by atoms with E-state index in [0.717, 1.165) is 22.2 Å². The van der Waals surface area contributed by atoms with Crippen LogP contribution in [0.4, 0.5) is 0 Å². The lowest BCUT2D eigenvalue weighted by molar-refractivity contribution is 1.07. The minimum atomic E-state index is 0.604. The van der Waals surface area contributed by atoms with Gasteiger partial charge in [0.25, 0.3) is 0 Å². The minimum Gasteiger partial charge on any atom is -0.339 e. The van der Waals surface area contributed by atoms with Crippen molar-refractivity contribution in [1.29, 1.82) is 0 Å². The molecular formula is C13H10ClN3. The molecule has 0 radical (unpaired) electrons. The van der Waals surface area contributed by atoms with Gasteiger partial charge in [-0.1, -0.05) is 29.8 Å². The average molecular weight is 244 g/mol. The van der Waals surface area contributed by atoms with Crippen molar-refractivity contribution in [3.05, 3.63) is 53.8 Å². The van der Waals surface area contributed by atoms with E-state index in [1.54, 1.807) is 17.1 Å². The molecule has 17 heavy (non-hydrogen) atoms. The zero-order valence-electron chi connectivity index (χ0n) is 8.97. The van der Waals surface area contributed by atoms with Crippen molar-refractivity contribution in [3.63, 3.8) is 0 Å². The number of hydrogen-bond acceptors (Lipinski definition) is 2. The molecule has 2 N–H and O–H groups in total. The summed E-state index contributed by atoms with van der Waals surface area (Å²) in [6.07, 6.45) is 3.36. The van der Waals surface area contributed by atoms with Crippen LogP contribution in [0, 0.1) is 0 Å². The lowest BCUT2D eigenvalue weighted by atomic mass is 10.2. The molecule has 4 heteroatoms. The van der Waals surface area contributed by atoms with Crippen molar-refractivity contribution < 1.29 is 0 Å². The molecule has 0 spiro atoms. The number of aromatic nitrogens is 2. The number of halogens is 1. The van der Waals surface area contributed by atoms with Gasteiger partial charge >= 0.3 is 0 Å². The molecule has 0 unspecified atom stereocenters. The van der Waals surface area contributed by atoms with Crippen molar-refractivity contribution in [2.45, 2.75) is 0 Å². The molecule has 1 aromatic carbocycles. The van der Waals surface area contributed by atoms with Gasteiger partial charge in [0, 0.05) is 23.3 Å². The molecule has 0 aliphatic carbocycles. The molecule has 0 amide bonds. The van der Waals surface area contributed by atoms with Gasteiger partial charge in [-0.25, -0.2) is 0 Å². The fourth-order valence-electron chi connectivity index (χ4n) is 1.95. The molecule has 2 heterocycles. The molecule has 0 fully saturated rings. The summed E-state index contributed by atoms with van der Waals surface area (Å²) < 4.78 is 1.66. The summed E-state index contributed by atoms with van der Waals surface area (Å²) in [5.41, 5.74) is 2.81. The van der Waals surface area contributed by atoms with Gasteiger partial charge in [0.15, 0.2) is 0 Å². The van der Waals surface area contributed by atoms with E-state index in [0.29, 0.717) is 5.02 Å². The Morgan fingerprint density at radius 2 is 1.94 bits per heavy atom. The minimum absolute atomic E-state index is 0.604. The molecule has 3 nitrogen and oxygen atoms in total. The Bertz CT molecular complexity index is 688. The van der Waals surface area contributed by atoms with Crippen LogP contribution in [0.2, 0.25) is 5.02 Å². The van der Waals surface area contributed by atoms with Crippen LogP contribution in [0.1, 0.15) is 0 Å². The standard InChI is InChI=1S/C13H10ClN3/c14-11-5-10(7-16-8-11)13-6-9-3-1-2-4-12(9)17(13)15/h1-8H,15H2. The Labute approximate surface area is 103 Å². The zero-order valence-corrected chi connectivity index (χ0v) is 9.72. The maximum Gasteiger partial charge on any atom is 0.0719 e. The highest BCUT2D eigenvalue weighted by molar-refractivity contribution is 6.30. The van der Waals surface area contributed by atoms with Crippen LogP contribution < -0.4 is 5.84 Å². The SMILES string of the molecule is Nn1c(-c2cncc(Cl)c2)cc2ccccc21. The van der Waals surface area contributed by atoms with Crippen LogP contribution in [-0.2, 0) is 0 Å². The highest BCUT2D eigenvalue weighted by atomic mass is 35.5. The van der Waals surface area contributed by atoms with Crippen molar-refractivity contribution in [3.8, 4) is 11.3 Å². The first-order chi connectivity index (χ1) is 8.25. The normalized spacial score (nSPS) is 10.9. The van der Waals surface area contributed by atoms with Gasteiger partial charge in [-0.2, -0.15) is 0 Å². The number of nitrogens with two attached hydrogens (primary N) is 1. The van der Waals surface area contributed by atoms with Gasteiger partial charge in [0.05, 0.1) is 16.2 Å². The third-order valence-electron chi connectivity index (χ3n) is 2.75. The third kappa shape index (κ3) is 1.65. The van der Waals surface area contributed by atoms with E-state index in [4.69, 9.17) is 17.4 Å². The monoisotopic (exact) mass is 243 g/mol. The first-order valence-electron chi connectivity index (χ1n) is 5.22. The van der Waals surface area contributed by atoms with E-state index in [2.05, 4.69) is 4.98 Å². The molecular weight excluding hydrogens is 234 g/mol. The second kappa shape index (κ2) is 3.79. The van der Waals surface area contributed by atoms with E-state index < -0.39 is 0 Å². The third-order valence-corrected chi connectivity index (χ3v) is 2.96. The summed E-state index contributed by atoms with van der Waals surface area (Å²) >= 11 is 5.93. The van der Waals surface area contributed by atoms with Gasteiger partial charge < -0.3 is 5.84 Å². The van der Waals surface area contributed by atoms with Crippen LogP contribution in [0.25, 0.3) is 22.2 Å². The zero-order chi connectivity index (χ0) is 11.8. The highest BCUT2D eigenvalue weighted by Gasteiger charge is 2.08. The van der Waals surface area contributed by atoms with E-state index in [1.165, 1.54) is 0 Å². The number of nitrogen functional groups attached to an aromatic ring is 1. The number of pyridine rings is 1. The first-order valence-corrected chi connectivity index (χ1v) is 5.60. The Morgan fingerprint density at radius 3 is 2.71 bits per heavy atom. The molecule has 0 bridgehead atoms. The molecule has 84 valence electrons. The Balaban J connectivity index is 2.27. The van der Waals surface area contributed by atoms with Crippen LogP contribution in [0.5, 0.6) is 0 Å².